The van der Waals surface area contributed by atoms with E-state index in [-0.39, 0.29) is 18.2 Å². The second-order valence-corrected chi connectivity index (χ2v) is 7.71. The fourth-order valence-corrected chi connectivity index (χ4v) is 3.88. The third-order valence-corrected chi connectivity index (χ3v) is 5.54. The van der Waals surface area contributed by atoms with Gasteiger partial charge in [-0.1, -0.05) is 30.3 Å². The largest absolute Gasteiger partial charge is 0.469 e. The van der Waals surface area contributed by atoms with E-state index in [1.54, 1.807) is 30.3 Å². The van der Waals surface area contributed by atoms with E-state index < -0.39 is 53.7 Å². The number of hydrogen-bond donors (Lipinski definition) is 0. The standard InChI is InChI=1S/C23H22F6O4/c1-13(15-10-16(22(24,25)26)12-17(11-15)23(27,28)29)33-21-19(14-6-4-3-5-7-14)18(8-9-32-21)20(30)31-2/h3-7,10-13,18-19,21H,8-9H2,1-2H3/t13-,18-,19+,21-/m1/s1. The lowest BCUT2D eigenvalue weighted by Gasteiger charge is -2.38. The molecule has 1 aliphatic heterocycles. The molecule has 10 heteroatoms. The van der Waals surface area contributed by atoms with Crippen molar-refractivity contribution >= 4 is 5.97 Å². The van der Waals surface area contributed by atoms with Crippen LogP contribution >= 0.6 is 0 Å². The lowest BCUT2D eigenvalue weighted by Crippen LogP contribution is -2.41. The fourth-order valence-electron chi connectivity index (χ4n) is 3.88. The second kappa shape index (κ2) is 9.72. The van der Waals surface area contributed by atoms with Gasteiger partial charge in [0.1, 0.15) is 0 Å². The monoisotopic (exact) mass is 476 g/mol. The summed E-state index contributed by atoms with van der Waals surface area (Å²) in [6, 6.07) is 10.0. The van der Waals surface area contributed by atoms with Gasteiger partial charge in [-0.05, 0) is 42.7 Å². The molecule has 1 saturated heterocycles. The van der Waals surface area contributed by atoms with Gasteiger partial charge in [0, 0.05) is 5.92 Å². The Labute approximate surface area is 186 Å². The molecule has 0 aromatic heterocycles. The average Bonchev–Trinajstić information content (AvgIpc) is 2.77. The first-order chi connectivity index (χ1) is 15.4. The Hall–Kier alpha value is -2.59. The number of halogens is 6. The molecule has 0 spiro atoms. The molecule has 4 atom stereocenters. The first-order valence-corrected chi connectivity index (χ1v) is 10.1. The molecule has 0 radical (unpaired) electrons. The summed E-state index contributed by atoms with van der Waals surface area (Å²) in [6.07, 6.45) is -11.9. The summed E-state index contributed by atoms with van der Waals surface area (Å²) >= 11 is 0. The van der Waals surface area contributed by atoms with Crippen molar-refractivity contribution in [1.29, 1.82) is 0 Å². The molecule has 2 aromatic rings. The highest BCUT2D eigenvalue weighted by atomic mass is 19.4. The smallest absolute Gasteiger partial charge is 0.416 e. The maximum absolute atomic E-state index is 13.2. The minimum Gasteiger partial charge on any atom is -0.469 e. The Balaban J connectivity index is 1.96. The molecule has 4 nitrogen and oxygen atoms in total. The van der Waals surface area contributed by atoms with Gasteiger partial charge < -0.3 is 14.2 Å². The molecule has 1 heterocycles. The first kappa shape index (κ1) is 25.0. The van der Waals surface area contributed by atoms with Crippen LogP contribution in [0.1, 0.15) is 47.6 Å². The van der Waals surface area contributed by atoms with Crippen molar-refractivity contribution in [3.05, 3.63) is 70.8 Å². The number of rotatable bonds is 5. The predicted molar refractivity (Wildman–Crippen MR) is 105 cm³/mol. The zero-order valence-electron chi connectivity index (χ0n) is 17.7. The normalized spacial score (nSPS) is 22.6. The van der Waals surface area contributed by atoms with Crippen LogP contribution in [0.15, 0.2) is 48.5 Å². The van der Waals surface area contributed by atoms with Gasteiger partial charge in [-0.25, -0.2) is 0 Å². The molecule has 180 valence electrons. The van der Waals surface area contributed by atoms with Crippen molar-refractivity contribution in [2.24, 2.45) is 5.92 Å². The van der Waals surface area contributed by atoms with Crippen LogP contribution in [0, 0.1) is 5.92 Å². The van der Waals surface area contributed by atoms with Crippen LogP contribution in [0.4, 0.5) is 26.3 Å². The third kappa shape index (κ3) is 5.86. The van der Waals surface area contributed by atoms with Gasteiger partial charge in [-0.15, -0.1) is 0 Å². The Bertz CT molecular complexity index is 925. The Morgan fingerprint density at radius 1 is 1.00 bits per heavy atom. The van der Waals surface area contributed by atoms with Gasteiger partial charge in [-0.2, -0.15) is 26.3 Å². The van der Waals surface area contributed by atoms with Crippen LogP contribution in [0.3, 0.4) is 0 Å². The van der Waals surface area contributed by atoms with Crippen molar-refractivity contribution < 1.29 is 45.3 Å². The second-order valence-electron chi connectivity index (χ2n) is 7.71. The van der Waals surface area contributed by atoms with E-state index in [1.807, 2.05) is 0 Å². The van der Waals surface area contributed by atoms with Crippen molar-refractivity contribution in [3.63, 3.8) is 0 Å². The van der Waals surface area contributed by atoms with E-state index in [9.17, 15) is 31.1 Å². The number of alkyl halides is 6. The fraction of sp³-hybridized carbons (Fsp3) is 0.435. The summed E-state index contributed by atoms with van der Waals surface area (Å²) < 4.78 is 95.8. The van der Waals surface area contributed by atoms with E-state index >= 15 is 0 Å². The van der Waals surface area contributed by atoms with Gasteiger partial charge in [0.15, 0.2) is 6.29 Å². The molecule has 33 heavy (non-hydrogen) atoms. The third-order valence-electron chi connectivity index (χ3n) is 5.54. The van der Waals surface area contributed by atoms with Gasteiger partial charge in [0.05, 0.1) is 36.9 Å². The lowest BCUT2D eigenvalue weighted by molar-refractivity contribution is -0.213. The van der Waals surface area contributed by atoms with E-state index in [1.165, 1.54) is 14.0 Å². The molecule has 1 fully saturated rings. The van der Waals surface area contributed by atoms with Crippen LogP contribution in [0.5, 0.6) is 0 Å². The molecule has 0 unspecified atom stereocenters. The van der Waals surface area contributed by atoms with E-state index in [0.717, 1.165) is 0 Å². The molecule has 0 bridgehead atoms. The Morgan fingerprint density at radius 2 is 1.58 bits per heavy atom. The first-order valence-electron chi connectivity index (χ1n) is 10.1. The summed E-state index contributed by atoms with van der Waals surface area (Å²) in [4.78, 5) is 12.4. The van der Waals surface area contributed by atoms with Crippen LogP contribution in [-0.4, -0.2) is 26.0 Å². The van der Waals surface area contributed by atoms with E-state index in [4.69, 9.17) is 14.2 Å². The van der Waals surface area contributed by atoms with Crippen LogP contribution in [0.25, 0.3) is 0 Å². The number of carbonyl (C=O) groups excluding carboxylic acids is 1. The minimum atomic E-state index is -4.97. The number of methoxy groups -OCH3 is 1. The van der Waals surface area contributed by atoms with Gasteiger partial charge in [-0.3, -0.25) is 4.79 Å². The number of benzene rings is 2. The SMILES string of the molecule is COC(=O)[C@@H]1CCO[C@H](O[C@H](C)c2cc(C(F)(F)F)cc(C(F)(F)F)c2)[C@H]1c1ccccc1. The van der Waals surface area contributed by atoms with Crippen molar-refractivity contribution in [1.82, 2.24) is 0 Å². The van der Waals surface area contributed by atoms with Crippen LogP contribution in [-0.2, 0) is 31.4 Å². The number of carbonyl (C=O) groups is 1. The maximum Gasteiger partial charge on any atom is 0.416 e. The highest BCUT2D eigenvalue weighted by Crippen LogP contribution is 2.41. The quantitative estimate of drug-likeness (QED) is 0.385. The Morgan fingerprint density at radius 3 is 2.09 bits per heavy atom. The molecule has 3 rings (SSSR count). The number of ether oxygens (including phenoxy) is 3. The minimum absolute atomic E-state index is 0.0629. The van der Waals surface area contributed by atoms with Crippen molar-refractivity contribution in [2.45, 2.75) is 44.0 Å². The van der Waals surface area contributed by atoms with Crippen LogP contribution in [0.2, 0.25) is 0 Å². The highest BCUT2D eigenvalue weighted by molar-refractivity contribution is 5.73. The van der Waals surface area contributed by atoms with Crippen molar-refractivity contribution in [3.8, 4) is 0 Å². The van der Waals surface area contributed by atoms with E-state index in [2.05, 4.69) is 0 Å². The van der Waals surface area contributed by atoms with Crippen molar-refractivity contribution in [2.75, 3.05) is 13.7 Å². The summed E-state index contributed by atoms with van der Waals surface area (Å²) in [5.74, 6) is -1.83. The van der Waals surface area contributed by atoms with Gasteiger partial charge >= 0.3 is 18.3 Å². The molecule has 0 saturated carbocycles. The molecular formula is C23H22F6O4. The number of esters is 1. The lowest BCUT2D eigenvalue weighted by atomic mass is 9.81. The maximum atomic E-state index is 13.2. The topological polar surface area (TPSA) is 44.8 Å². The highest BCUT2D eigenvalue weighted by Gasteiger charge is 2.42. The molecule has 0 N–H and O–H groups in total. The average molecular weight is 476 g/mol. The molecule has 1 aliphatic rings. The van der Waals surface area contributed by atoms with Gasteiger partial charge in [0.25, 0.3) is 0 Å². The molecule has 0 amide bonds. The predicted octanol–water partition coefficient (Wildman–Crippen LogP) is 6.12. The van der Waals surface area contributed by atoms with Gasteiger partial charge in [0.2, 0.25) is 0 Å². The zero-order valence-corrected chi connectivity index (χ0v) is 17.7. The molecule has 0 aliphatic carbocycles. The molecular weight excluding hydrogens is 454 g/mol. The Kier molecular flexibility index (Phi) is 7.38. The zero-order chi connectivity index (χ0) is 24.4. The van der Waals surface area contributed by atoms with E-state index in [0.29, 0.717) is 24.1 Å². The molecule has 2 aromatic carbocycles. The summed E-state index contributed by atoms with van der Waals surface area (Å²) in [7, 11) is 1.24. The summed E-state index contributed by atoms with van der Waals surface area (Å²) in [5.41, 5.74) is -2.50. The number of hydrogen-bond acceptors (Lipinski definition) is 4. The summed E-state index contributed by atoms with van der Waals surface area (Å²) in [6.45, 7) is 1.44. The van der Waals surface area contributed by atoms with Crippen LogP contribution < -0.4 is 0 Å². The summed E-state index contributed by atoms with van der Waals surface area (Å²) in [5, 5.41) is 0.